The zero-order chi connectivity index (χ0) is 14.1. The van der Waals surface area contributed by atoms with Crippen LogP contribution in [-0.2, 0) is 12.8 Å². The molecule has 2 aromatic rings. The van der Waals surface area contributed by atoms with Crippen LogP contribution in [-0.4, -0.2) is 5.56 Å². The van der Waals surface area contributed by atoms with Gasteiger partial charge in [-0.25, -0.2) is 4.79 Å². The Morgan fingerprint density at radius 1 is 1.30 bits per heavy atom. The van der Waals surface area contributed by atoms with E-state index in [4.69, 9.17) is 20.8 Å². The smallest absolute Gasteiger partial charge is 0.339 e. The molecule has 0 aliphatic heterocycles. The van der Waals surface area contributed by atoms with E-state index in [0.29, 0.717) is 11.3 Å². The first-order chi connectivity index (χ1) is 9.70. The minimum Gasteiger partial charge on any atom is -0.474 e. The highest BCUT2D eigenvalue weighted by molar-refractivity contribution is 6.19. The molecule has 1 aromatic heterocycles. The molecule has 1 aromatic carbocycles. The predicted molar refractivity (Wildman–Crippen MR) is 79.7 cm³/mol. The van der Waals surface area contributed by atoms with E-state index in [1.807, 2.05) is 25.1 Å². The van der Waals surface area contributed by atoms with Crippen LogP contribution >= 0.6 is 11.6 Å². The zero-order valence-corrected chi connectivity index (χ0v) is 12.2. The highest BCUT2D eigenvalue weighted by Crippen LogP contribution is 2.34. The summed E-state index contributed by atoms with van der Waals surface area (Å²) in [5, 5.41) is 0.918. The van der Waals surface area contributed by atoms with Crippen LogP contribution in [0.5, 0.6) is 5.75 Å². The number of halogens is 1. The fraction of sp³-hybridized carbons (Fsp3) is 0.438. The lowest BCUT2D eigenvalue weighted by atomic mass is 9.90. The van der Waals surface area contributed by atoms with Crippen molar-refractivity contribution >= 4 is 22.6 Å². The van der Waals surface area contributed by atoms with E-state index in [1.165, 1.54) is 0 Å². The second-order valence-corrected chi connectivity index (χ2v) is 5.61. The van der Waals surface area contributed by atoms with Crippen LogP contribution in [0, 0.1) is 0 Å². The maximum atomic E-state index is 12.0. The van der Waals surface area contributed by atoms with Crippen LogP contribution in [0.3, 0.4) is 0 Å². The van der Waals surface area contributed by atoms with Gasteiger partial charge in [0.05, 0.1) is 5.39 Å². The largest absolute Gasteiger partial charge is 0.474 e. The molecule has 1 heterocycles. The van der Waals surface area contributed by atoms with Crippen LogP contribution in [0.15, 0.2) is 27.4 Å². The van der Waals surface area contributed by atoms with Crippen LogP contribution in [0.1, 0.15) is 37.3 Å². The minimum absolute atomic E-state index is 0.206. The molecular formula is C16H17ClO3. The van der Waals surface area contributed by atoms with Crippen molar-refractivity contribution < 1.29 is 9.15 Å². The number of fused-ring (bicyclic) bond motifs is 3. The molecule has 0 saturated heterocycles. The third-order valence-electron chi connectivity index (χ3n) is 3.78. The van der Waals surface area contributed by atoms with Crippen molar-refractivity contribution in [1.82, 2.24) is 0 Å². The number of rotatable bonds is 3. The van der Waals surface area contributed by atoms with Gasteiger partial charge in [-0.05, 0) is 49.8 Å². The molecule has 0 N–H and O–H groups in total. The van der Waals surface area contributed by atoms with E-state index in [1.54, 1.807) is 0 Å². The lowest BCUT2D eigenvalue weighted by molar-refractivity contribution is 0.280. The first-order valence-corrected chi connectivity index (χ1v) is 7.52. The molecule has 1 aliphatic rings. The van der Waals surface area contributed by atoms with Crippen LogP contribution in [0.25, 0.3) is 11.0 Å². The molecule has 3 rings (SSSR count). The summed E-state index contributed by atoms with van der Waals surface area (Å²) in [5.74, 6) is 0.714. The van der Waals surface area contributed by atoms with Crippen molar-refractivity contribution in [2.75, 3.05) is 0 Å². The van der Waals surface area contributed by atoms with E-state index in [2.05, 4.69) is 0 Å². The average molecular weight is 293 g/mol. The van der Waals surface area contributed by atoms with Crippen molar-refractivity contribution in [2.45, 2.75) is 44.6 Å². The molecule has 3 nitrogen and oxygen atoms in total. The third-order valence-corrected chi connectivity index (χ3v) is 4.18. The maximum absolute atomic E-state index is 12.0. The van der Waals surface area contributed by atoms with E-state index in [-0.39, 0.29) is 11.2 Å². The van der Waals surface area contributed by atoms with Gasteiger partial charge in [-0.2, -0.15) is 0 Å². The number of alkyl halides is 1. The Kier molecular flexibility index (Phi) is 3.70. The zero-order valence-electron chi connectivity index (χ0n) is 11.4. The van der Waals surface area contributed by atoms with Gasteiger partial charge in [-0.1, -0.05) is 24.6 Å². The molecule has 0 amide bonds. The first kappa shape index (κ1) is 13.5. The lowest BCUT2D eigenvalue weighted by Gasteiger charge is -2.19. The monoisotopic (exact) mass is 292 g/mol. The Balaban J connectivity index is 2.24. The summed E-state index contributed by atoms with van der Waals surface area (Å²) in [6, 6.07) is 5.53. The molecule has 0 spiro atoms. The SMILES string of the molecule is CCC(Cl)Oc1cccc2oc(=O)c3c(c12)CCCC3. The van der Waals surface area contributed by atoms with E-state index >= 15 is 0 Å². The van der Waals surface area contributed by atoms with E-state index in [0.717, 1.165) is 48.6 Å². The van der Waals surface area contributed by atoms with Gasteiger partial charge in [0.15, 0.2) is 5.56 Å². The second kappa shape index (κ2) is 5.49. The van der Waals surface area contributed by atoms with Crippen molar-refractivity contribution in [3.63, 3.8) is 0 Å². The Bertz CT molecular complexity index is 690. The van der Waals surface area contributed by atoms with Gasteiger partial charge in [-0.15, -0.1) is 0 Å². The molecular weight excluding hydrogens is 276 g/mol. The number of aryl methyl sites for hydroxylation is 1. The van der Waals surface area contributed by atoms with Crippen LogP contribution < -0.4 is 10.4 Å². The highest BCUT2D eigenvalue weighted by Gasteiger charge is 2.21. The van der Waals surface area contributed by atoms with E-state index < -0.39 is 0 Å². The fourth-order valence-corrected chi connectivity index (χ4v) is 2.88. The second-order valence-electron chi connectivity index (χ2n) is 5.12. The molecule has 1 atom stereocenters. The van der Waals surface area contributed by atoms with Crippen molar-refractivity contribution in [2.24, 2.45) is 0 Å². The van der Waals surface area contributed by atoms with Gasteiger partial charge in [-0.3, -0.25) is 0 Å². The van der Waals surface area contributed by atoms with Gasteiger partial charge >= 0.3 is 5.63 Å². The summed E-state index contributed by atoms with van der Waals surface area (Å²) >= 11 is 6.10. The fourth-order valence-electron chi connectivity index (χ4n) is 2.78. The standard InChI is InChI=1S/C16H17ClO3/c1-2-14(17)19-12-8-5-9-13-15(12)10-6-3-4-7-11(10)16(18)20-13/h5,8-9,14H,2-4,6-7H2,1H3. The summed E-state index contributed by atoms with van der Waals surface area (Å²) in [7, 11) is 0. The van der Waals surface area contributed by atoms with Gasteiger partial charge in [0.2, 0.25) is 0 Å². The Morgan fingerprint density at radius 3 is 2.80 bits per heavy atom. The summed E-state index contributed by atoms with van der Waals surface area (Å²) in [6.07, 6.45) is 4.55. The summed E-state index contributed by atoms with van der Waals surface area (Å²) in [4.78, 5) is 12.0. The third kappa shape index (κ3) is 2.31. The number of hydrogen-bond acceptors (Lipinski definition) is 3. The average Bonchev–Trinajstić information content (AvgIpc) is 2.47. The molecule has 20 heavy (non-hydrogen) atoms. The quantitative estimate of drug-likeness (QED) is 0.633. The molecule has 1 aliphatic carbocycles. The van der Waals surface area contributed by atoms with E-state index in [9.17, 15) is 4.79 Å². The number of benzene rings is 1. The minimum atomic E-state index is -0.369. The summed E-state index contributed by atoms with van der Waals surface area (Å²) < 4.78 is 11.2. The van der Waals surface area contributed by atoms with Crippen molar-refractivity contribution in [3.8, 4) is 5.75 Å². The molecule has 0 fully saturated rings. The molecule has 1 unspecified atom stereocenters. The topological polar surface area (TPSA) is 39.4 Å². The molecule has 0 radical (unpaired) electrons. The number of hydrogen-bond donors (Lipinski definition) is 0. The molecule has 106 valence electrons. The maximum Gasteiger partial charge on any atom is 0.339 e. The number of ether oxygens (including phenoxy) is 1. The summed E-state index contributed by atoms with van der Waals surface area (Å²) in [6.45, 7) is 1.97. The van der Waals surface area contributed by atoms with Gasteiger partial charge < -0.3 is 9.15 Å². The van der Waals surface area contributed by atoms with Crippen LogP contribution in [0.4, 0.5) is 0 Å². The normalized spacial score (nSPS) is 15.9. The first-order valence-electron chi connectivity index (χ1n) is 7.09. The van der Waals surface area contributed by atoms with Crippen molar-refractivity contribution in [3.05, 3.63) is 39.7 Å². The Morgan fingerprint density at radius 2 is 2.05 bits per heavy atom. The van der Waals surface area contributed by atoms with Crippen LogP contribution in [0.2, 0.25) is 0 Å². The highest BCUT2D eigenvalue weighted by atomic mass is 35.5. The van der Waals surface area contributed by atoms with Gasteiger partial charge in [0.1, 0.15) is 11.3 Å². The lowest BCUT2D eigenvalue weighted by Crippen LogP contribution is -2.16. The Labute approximate surface area is 122 Å². The van der Waals surface area contributed by atoms with Crippen molar-refractivity contribution in [1.29, 1.82) is 0 Å². The molecule has 4 heteroatoms. The summed E-state index contributed by atoms with van der Waals surface area (Å²) in [5.41, 5.74) is 1.91. The van der Waals surface area contributed by atoms with Gasteiger partial charge in [0, 0.05) is 5.56 Å². The predicted octanol–water partition coefficient (Wildman–Crippen LogP) is 4.03. The Hall–Kier alpha value is -1.48. The van der Waals surface area contributed by atoms with Gasteiger partial charge in [0.25, 0.3) is 0 Å². The molecule has 0 saturated carbocycles. The molecule has 0 bridgehead atoms.